The predicted molar refractivity (Wildman–Crippen MR) is 101 cm³/mol. The lowest BCUT2D eigenvalue weighted by molar-refractivity contribution is 0.0999. The number of benzene rings is 2. The van der Waals surface area contributed by atoms with Crippen LogP contribution in [-0.2, 0) is 0 Å². The van der Waals surface area contributed by atoms with Gasteiger partial charge in [0.15, 0.2) is 5.78 Å². The first-order valence-electron chi connectivity index (χ1n) is 8.96. The van der Waals surface area contributed by atoms with Crippen LogP contribution in [0.4, 0.5) is 5.69 Å². The number of nitrogens with one attached hydrogen (secondary N) is 1. The quantitative estimate of drug-likeness (QED) is 0.757. The van der Waals surface area contributed by atoms with Crippen LogP contribution in [0.3, 0.4) is 0 Å². The summed E-state index contributed by atoms with van der Waals surface area (Å²) in [6.07, 6.45) is 0. The summed E-state index contributed by atoms with van der Waals surface area (Å²) in [5.41, 5.74) is 5.62. The molecular formula is C21H18N4O2. The van der Waals surface area contributed by atoms with Crippen molar-refractivity contribution in [2.45, 2.75) is 25.8 Å². The van der Waals surface area contributed by atoms with Crippen LogP contribution >= 0.6 is 0 Å². The summed E-state index contributed by atoms with van der Waals surface area (Å²) in [4.78, 5) is 17.0. The Bertz CT molecular complexity index is 1080. The smallest absolute Gasteiger partial charge is 0.228 e. The molecule has 6 nitrogen and oxygen atoms in total. The minimum Gasteiger partial charge on any atom is -0.425 e. The summed E-state index contributed by atoms with van der Waals surface area (Å²) in [5, 5.41) is 11.9. The normalized spacial score (nSPS) is 20.7. The highest BCUT2D eigenvalue weighted by molar-refractivity contribution is 6.21. The first kappa shape index (κ1) is 15.9. The highest BCUT2D eigenvalue weighted by atomic mass is 16.4. The van der Waals surface area contributed by atoms with Gasteiger partial charge in [-0.25, -0.2) is 0 Å². The van der Waals surface area contributed by atoms with E-state index < -0.39 is 0 Å². The van der Waals surface area contributed by atoms with Crippen molar-refractivity contribution in [3.63, 3.8) is 0 Å². The van der Waals surface area contributed by atoms with Crippen molar-refractivity contribution in [3.8, 4) is 0 Å². The molecular weight excluding hydrogens is 340 g/mol. The average Bonchev–Trinajstić information content (AvgIpc) is 3.10. The van der Waals surface area contributed by atoms with Gasteiger partial charge in [0.1, 0.15) is 12.5 Å². The average molecular weight is 358 g/mol. The highest BCUT2D eigenvalue weighted by Gasteiger charge is 2.42. The van der Waals surface area contributed by atoms with E-state index >= 15 is 0 Å². The van der Waals surface area contributed by atoms with E-state index in [2.05, 4.69) is 51.7 Å². The minimum absolute atomic E-state index is 0.0339. The molecule has 0 bridgehead atoms. The van der Waals surface area contributed by atoms with Gasteiger partial charge < -0.3 is 9.73 Å². The van der Waals surface area contributed by atoms with E-state index in [0.29, 0.717) is 17.3 Å². The number of carbonyl (C=O) groups is 1. The van der Waals surface area contributed by atoms with Crippen LogP contribution in [0.5, 0.6) is 0 Å². The third-order valence-corrected chi connectivity index (χ3v) is 5.20. The van der Waals surface area contributed by atoms with E-state index in [-0.39, 0.29) is 24.3 Å². The molecule has 2 aromatic carbocycles. The summed E-state index contributed by atoms with van der Waals surface area (Å²) in [6.45, 7) is 3.99. The van der Waals surface area contributed by atoms with Gasteiger partial charge in [0, 0.05) is 23.7 Å². The zero-order valence-corrected chi connectivity index (χ0v) is 15.1. The molecule has 2 aliphatic rings. The van der Waals surface area contributed by atoms with Crippen LogP contribution in [0.15, 0.2) is 51.9 Å². The summed E-state index contributed by atoms with van der Waals surface area (Å²) >= 11 is 0. The van der Waals surface area contributed by atoms with Crippen LogP contribution < -0.4 is 5.32 Å². The number of ketones is 1. The molecule has 0 fully saturated rings. The Kier molecular flexibility index (Phi) is 3.47. The highest BCUT2D eigenvalue weighted by Crippen LogP contribution is 2.44. The Hall–Kier alpha value is -3.28. The molecule has 5 rings (SSSR count). The molecule has 2 aliphatic heterocycles. The SMILES string of the molecule is Cc1ccc(C2Nc3cccc4c3C(=NCC4=O)C2c2nnc(C)o2)cc1. The van der Waals surface area contributed by atoms with Crippen molar-refractivity contribution in [2.24, 2.45) is 4.99 Å². The third-order valence-electron chi connectivity index (χ3n) is 5.20. The number of anilines is 1. The molecule has 6 heteroatoms. The summed E-state index contributed by atoms with van der Waals surface area (Å²) in [5.74, 6) is 0.806. The largest absolute Gasteiger partial charge is 0.425 e. The molecule has 0 saturated heterocycles. The van der Waals surface area contributed by atoms with E-state index in [1.165, 1.54) is 5.56 Å². The Morgan fingerprint density at radius 1 is 1.07 bits per heavy atom. The molecule has 0 spiro atoms. The van der Waals surface area contributed by atoms with E-state index in [9.17, 15) is 4.79 Å². The maximum atomic E-state index is 12.4. The van der Waals surface area contributed by atoms with Crippen molar-refractivity contribution >= 4 is 17.2 Å². The second kappa shape index (κ2) is 5.87. The van der Waals surface area contributed by atoms with E-state index in [4.69, 9.17) is 4.42 Å². The fourth-order valence-corrected chi connectivity index (χ4v) is 3.91. The number of hydrogen-bond donors (Lipinski definition) is 1. The lowest BCUT2D eigenvalue weighted by Crippen LogP contribution is -2.36. The monoisotopic (exact) mass is 358 g/mol. The summed E-state index contributed by atoms with van der Waals surface area (Å²) < 4.78 is 5.81. The van der Waals surface area contributed by atoms with Gasteiger partial charge in [-0.2, -0.15) is 0 Å². The molecule has 0 amide bonds. The Morgan fingerprint density at radius 3 is 2.63 bits per heavy atom. The lowest BCUT2D eigenvalue weighted by atomic mass is 9.78. The first-order valence-corrected chi connectivity index (χ1v) is 8.96. The first-order chi connectivity index (χ1) is 13.1. The molecule has 0 aliphatic carbocycles. The molecule has 0 saturated carbocycles. The summed E-state index contributed by atoms with van der Waals surface area (Å²) in [7, 11) is 0. The number of rotatable bonds is 2. The lowest BCUT2D eigenvalue weighted by Gasteiger charge is -2.36. The standard InChI is InChI=1S/C21H18N4O2/c1-11-6-8-13(9-7-11)19-18(21-25-24-12(2)27-21)20-17-14(16(26)10-22-20)4-3-5-15(17)23-19/h3-9,18-19,23H,10H2,1-2H3. The third kappa shape index (κ3) is 2.48. The zero-order valence-electron chi connectivity index (χ0n) is 15.1. The van der Waals surface area contributed by atoms with Gasteiger partial charge in [-0.1, -0.05) is 42.0 Å². The van der Waals surface area contributed by atoms with Gasteiger partial charge in [-0.05, 0) is 18.6 Å². The van der Waals surface area contributed by atoms with Crippen LogP contribution in [0.25, 0.3) is 0 Å². The van der Waals surface area contributed by atoms with Crippen LogP contribution in [0.1, 0.15) is 50.8 Å². The van der Waals surface area contributed by atoms with Crippen molar-refractivity contribution in [3.05, 3.63) is 76.5 Å². The Morgan fingerprint density at radius 2 is 1.89 bits per heavy atom. The van der Waals surface area contributed by atoms with Crippen molar-refractivity contribution in [1.82, 2.24) is 10.2 Å². The predicted octanol–water partition coefficient (Wildman–Crippen LogP) is 3.62. The van der Waals surface area contributed by atoms with E-state index in [1.54, 1.807) is 6.92 Å². The Balaban J connectivity index is 1.73. The number of aryl methyl sites for hydroxylation is 2. The van der Waals surface area contributed by atoms with Crippen LogP contribution in [-0.4, -0.2) is 28.2 Å². The Labute approximate surface area is 156 Å². The molecule has 2 atom stereocenters. The zero-order chi connectivity index (χ0) is 18.5. The van der Waals surface area contributed by atoms with Gasteiger partial charge in [0.25, 0.3) is 0 Å². The van der Waals surface area contributed by atoms with E-state index in [1.807, 2.05) is 18.2 Å². The fraction of sp³-hybridized carbons (Fsp3) is 0.238. The van der Waals surface area contributed by atoms with Crippen molar-refractivity contribution in [2.75, 3.05) is 11.9 Å². The molecule has 1 aromatic heterocycles. The number of aromatic nitrogens is 2. The fourth-order valence-electron chi connectivity index (χ4n) is 3.91. The minimum atomic E-state index is -0.254. The number of hydrogen-bond acceptors (Lipinski definition) is 6. The van der Waals surface area contributed by atoms with Gasteiger partial charge >= 0.3 is 0 Å². The van der Waals surface area contributed by atoms with Crippen molar-refractivity contribution in [1.29, 1.82) is 0 Å². The van der Waals surface area contributed by atoms with Gasteiger partial charge in [-0.3, -0.25) is 9.79 Å². The maximum absolute atomic E-state index is 12.4. The summed E-state index contributed by atoms with van der Waals surface area (Å²) in [6, 6.07) is 14.0. The molecule has 3 aromatic rings. The molecule has 2 unspecified atom stereocenters. The van der Waals surface area contributed by atoms with Crippen molar-refractivity contribution < 1.29 is 9.21 Å². The van der Waals surface area contributed by atoms with Crippen LogP contribution in [0.2, 0.25) is 0 Å². The molecule has 0 radical (unpaired) electrons. The molecule has 1 N–H and O–H groups in total. The van der Waals surface area contributed by atoms with Gasteiger partial charge in [-0.15, -0.1) is 10.2 Å². The topological polar surface area (TPSA) is 80.4 Å². The van der Waals surface area contributed by atoms with Gasteiger partial charge in [0.05, 0.1) is 11.8 Å². The van der Waals surface area contributed by atoms with Crippen LogP contribution in [0, 0.1) is 13.8 Å². The second-order valence-electron chi connectivity index (χ2n) is 7.02. The molecule has 3 heterocycles. The second-order valence-corrected chi connectivity index (χ2v) is 7.02. The number of nitrogens with zero attached hydrogens (tertiary/aromatic N) is 3. The maximum Gasteiger partial charge on any atom is 0.228 e. The molecule has 134 valence electrons. The molecule has 27 heavy (non-hydrogen) atoms. The number of carbonyl (C=O) groups excluding carboxylic acids is 1. The van der Waals surface area contributed by atoms with Gasteiger partial charge in [0.2, 0.25) is 11.8 Å². The number of Topliss-reactive ketones (excluding diaryl/α,β-unsaturated/α-hetero) is 1. The number of aliphatic imine (C=N–C) groups is 1. The van der Waals surface area contributed by atoms with E-state index in [0.717, 1.165) is 22.5 Å².